The number of carbonyl (C=O) groups is 2. The molecule has 0 aliphatic carbocycles. The number of nitrogens with zero attached hydrogens (tertiary/aromatic N) is 3. The number of amides is 2. The molecule has 2 atom stereocenters. The standard InChI is InChI=1S/C18H17BrN4O2S2/c1-3-14(24)22-11-7-5-4-6-10(11)15-16(25)20-18(26-2)21-23(15)17(22)12-8-9-13(19)27-12/h4-9,15,17H,3H2,1-2H3,(H,20,21,25)/t15-,17-/m1/s1. The number of anilines is 1. The molecule has 0 radical (unpaired) electrons. The van der Waals surface area contributed by atoms with Gasteiger partial charge in [-0.25, -0.2) is 5.01 Å². The molecule has 9 heteroatoms. The fourth-order valence-electron chi connectivity index (χ4n) is 3.41. The van der Waals surface area contributed by atoms with Crippen molar-refractivity contribution >= 4 is 61.7 Å². The molecule has 2 aliphatic heterocycles. The maximum absolute atomic E-state index is 13.0. The van der Waals surface area contributed by atoms with Gasteiger partial charge in [0.15, 0.2) is 17.4 Å². The Morgan fingerprint density at radius 1 is 1.33 bits per heavy atom. The molecule has 6 nitrogen and oxygen atoms in total. The Bertz CT molecular complexity index is 945. The maximum atomic E-state index is 13.0. The summed E-state index contributed by atoms with van der Waals surface area (Å²) < 4.78 is 0.965. The van der Waals surface area contributed by atoms with Gasteiger partial charge < -0.3 is 5.32 Å². The molecule has 27 heavy (non-hydrogen) atoms. The number of para-hydroxylation sites is 1. The van der Waals surface area contributed by atoms with Gasteiger partial charge in [-0.1, -0.05) is 36.9 Å². The number of thioether (sulfide) groups is 1. The van der Waals surface area contributed by atoms with Crippen LogP contribution in [0.15, 0.2) is 45.3 Å². The quantitative estimate of drug-likeness (QED) is 0.727. The molecule has 1 aromatic heterocycles. The van der Waals surface area contributed by atoms with Crippen LogP contribution in [0, 0.1) is 0 Å². The van der Waals surface area contributed by atoms with E-state index in [2.05, 4.69) is 26.3 Å². The summed E-state index contributed by atoms with van der Waals surface area (Å²) in [6.07, 6.45) is 1.76. The lowest BCUT2D eigenvalue weighted by Crippen LogP contribution is -2.55. The second kappa shape index (κ2) is 7.29. The fourth-order valence-corrected chi connectivity index (χ4v) is 5.29. The number of hydrogen-bond acceptors (Lipinski definition) is 6. The van der Waals surface area contributed by atoms with E-state index < -0.39 is 12.2 Å². The first-order valence-electron chi connectivity index (χ1n) is 8.43. The zero-order valence-corrected chi connectivity index (χ0v) is 17.9. The van der Waals surface area contributed by atoms with Crippen LogP contribution in [0.1, 0.15) is 36.0 Å². The van der Waals surface area contributed by atoms with Crippen molar-refractivity contribution in [2.45, 2.75) is 25.6 Å². The Morgan fingerprint density at radius 3 is 2.78 bits per heavy atom. The molecule has 0 saturated carbocycles. The fraction of sp³-hybridized carbons (Fsp3) is 0.278. The van der Waals surface area contributed by atoms with E-state index in [-0.39, 0.29) is 11.8 Å². The molecular formula is C18H17BrN4O2S2. The van der Waals surface area contributed by atoms with Gasteiger partial charge in [0.25, 0.3) is 5.91 Å². The molecule has 4 rings (SSSR count). The van der Waals surface area contributed by atoms with Gasteiger partial charge in [-0.2, -0.15) is 0 Å². The third-order valence-corrected chi connectivity index (χ3v) is 6.78. The number of thiophene rings is 1. The van der Waals surface area contributed by atoms with Gasteiger partial charge in [-0.3, -0.25) is 14.5 Å². The molecule has 0 bridgehead atoms. The van der Waals surface area contributed by atoms with E-state index >= 15 is 0 Å². The highest BCUT2D eigenvalue weighted by atomic mass is 79.9. The molecule has 0 saturated heterocycles. The van der Waals surface area contributed by atoms with E-state index in [9.17, 15) is 9.59 Å². The zero-order chi connectivity index (χ0) is 19.1. The minimum absolute atomic E-state index is 0.0118. The third kappa shape index (κ3) is 3.07. The van der Waals surface area contributed by atoms with Gasteiger partial charge in [0, 0.05) is 12.0 Å². The molecule has 1 aromatic carbocycles. The predicted octanol–water partition coefficient (Wildman–Crippen LogP) is 4.07. The van der Waals surface area contributed by atoms with Crippen LogP contribution in [0.25, 0.3) is 0 Å². The summed E-state index contributed by atoms with van der Waals surface area (Å²) in [5.74, 6) is -0.145. The number of amidine groups is 1. The number of carbonyl (C=O) groups excluding carboxylic acids is 2. The molecule has 0 unspecified atom stereocenters. The van der Waals surface area contributed by atoms with E-state index in [4.69, 9.17) is 0 Å². The minimum Gasteiger partial charge on any atom is -0.302 e. The largest absolute Gasteiger partial charge is 0.302 e. The van der Waals surface area contributed by atoms with E-state index in [1.807, 2.05) is 49.6 Å². The second-order valence-corrected chi connectivity index (χ2v) is 9.36. The van der Waals surface area contributed by atoms with Crippen LogP contribution in [-0.2, 0) is 9.59 Å². The van der Waals surface area contributed by atoms with Gasteiger partial charge in [0.1, 0.15) is 0 Å². The Balaban J connectivity index is 1.97. The summed E-state index contributed by atoms with van der Waals surface area (Å²) in [6, 6.07) is 10.9. The van der Waals surface area contributed by atoms with E-state index in [1.165, 1.54) is 23.1 Å². The van der Waals surface area contributed by atoms with E-state index in [0.717, 1.165) is 19.9 Å². The number of fused-ring (bicyclic) bond motifs is 3. The van der Waals surface area contributed by atoms with Gasteiger partial charge in [0.2, 0.25) is 5.91 Å². The normalized spacial score (nSPS) is 21.3. The van der Waals surface area contributed by atoms with Crippen LogP contribution in [0.3, 0.4) is 0 Å². The maximum Gasteiger partial charge on any atom is 0.255 e. The van der Waals surface area contributed by atoms with Crippen LogP contribution in [0.4, 0.5) is 5.69 Å². The number of hydrazone groups is 1. The molecule has 2 aromatic rings. The van der Waals surface area contributed by atoms with Gasteiger partial charge in [-0.15, -0.1) is 16.4 Å². The summed E-state index contributed by atoms with van der Waals surface area (Å²) >= 11 is 6.42. The Labute approximate surface area is 173 Å². The molecule has 0 fully saturated rings. The van der Waals surface area contributed by atoms with Crippen molar-refractivity contribution in [3.63, 3.8) is 0 Å². The average molecular weight is 465 g/mol. The number of rotatable bonds is 2. The molecule has 2 aliphatic rings. The van der Waals surface area contributed by atoms with Crippen LogP contribution in [0.5, 0.6) is 0 Å². The van der Waals surface area contributed by atoms with Crippen LogP contribution >= 0.6 is 39.0 Å². The Hall–Kier alpha value is -1.84. The molecule has 0 spiro atoms. The average Bonchev–Trinajstić information content (AvgIpc) is 3.11. The van der Waals surface area contributed by atoms with Crippen molar-refractivity contribution in [3.8, 4) is 0 Å². The molecule has 140 valence electrons. The molecule has 2 amide bonds. The van der Waals surface area contributed by atoms with Crippen LogP contribution < -0.4 is 10.2 Å². The van der Waals surface area contributed by atoms with Crippen molar-refractivity contribution in [2.75, 3.05) is 11.2 Å². The van der Waals surface area contributed by atoms with Gasteiger partial charge >= 0.3 is 0 Å². The van der Waals surface area contributed by atoms with E-state index in [1.54, 1.807) is 9.91 Å². The van der Waals surface area contributed by atoms with Crippen molar-refractivity contribution in [1.29, 1.82) is 0 Å². The van der Waals surface area contributed by atoms with Gasteiger partial charge in [-0.05, 0) is 40.4 Å². The number of nitrogens with one attached hydrogen (secondary N) is 1. The molecule has 3 heterocycles. The predicted molar refractivity (Wildman–Crippen MR) is 113 cm³/mol. The first-order valence-corrected chi connectivity index (χ1v) is 11.3. The molecule has 1 N–H and O–H groups in total. The summed E-state index contributed by atoms with van der Waals surface area (Å²) in [5, 5.41) is 9.84. The summed E-state index contributed by atoms with van der Waals surface area (Å²) in [5.41, 5.74) is 1.55. The lowest BCUT2D eigenvalue weighted by Gasteiger charge is -2.48. The van der Waals surface area contributed by atoms with Crippen LogP contribution in [0.2, 0.25) is 0 Å². The van der Waals surface area contributed by atoms with Crippen molar-refractivity contribution in [2.24, 2.45) is 5.10 Å². The monoisotopic (exact) mass is 464 g/mol. The lowest BCUT2D eigenvalue weighted by molar-refractivity contribution is -0.130. The van der Waals surface area contributed by atoms with Crippen molar-refractivity contribution in [1.82, 2.24) is 10.3 Å². The third-order valence-electron chi connectivity index (χ3n) is 4.55. The number of halogens is 1. The summed E-state index contributed by atoms with van der Waals surface area (Å²) in [7, 11) is 0. The van der Waals surface area contributed by atoms with E-state index in [0.29, 0.717) is 11.6 Å². The summed E-state index contributed by atoms with van der Waals surface area (Å²) in [4.78, 5) is 28.6. The first-order chi connectivity index (χ1) is 13.0. The van der Waals surface area contributed by atoms with Crippen LogP contribution in [-0.4, -0.2) is 28.2 Å². The highest BCUT2D eigenvalue weighted by Crippen LogP contribution is 2.48. The second-order valence-electron chi connectivity index (χ2n) is 6.07. The van der Waals surface area contributed by atoms with Crippen molar-refractivity contribution < 1.29 is 9.59 Å². The Morgan fingerprint density at radius 2 is 2.11 bits per heavy atom. The Kier molecular flexibility index (Phi) is 5.00. The summed E-state index contributed by atoms with van der Waals surface area (Å²) in [6.45, 7) is 1.85. The highest BCUT2D eigenvalue weighted by Gasteiger charge is 2.47. The molecular weight excluding hydrogens is 448 g/mol. The van der Waals surface area contributed by atoms with Crippen molar-refractivity contribution in [3.05, 3.63) is 50.6 Å². The smallest absolute Gasteiger partial charge is 0.255 e. The SMILES string of the molecule is CCC(=O)N1c2ccccc2[C@@H]2C(=O)NC(SC)=NN2[C@@H]1c1ccc(Br)s1. The minimum atomic E-state index is -0.580. The number of hydrogen-bond donors (Lipinski definition) is 1. The highest BCUT2D eigenvalue weighted by molar-refractivity contribution is 9.11. The van der Waals surface area contributed by atoms with Gasteiger partial charge in [0.05, 0.1) is 14.4 Å². The topological polar surface area (TPSA) is 65.0 Å². The number of benzene rings is 1. The first kappa shape index (κ1) is 18.5. The lowest BCUT2D eigenvalue weighted by atomic mass is 9.97. The zero-order valence-electron chi connectivity index (χ0n) is 14.7.